The Kier molecular flexibility index (Phi) is 3.76. The van der Waals surface area contributed by atoms with Crippen molar-refractivity contribution in [1.82, 2.24) is 9.38 Å². The Bertz CT molecular complexity index is 873. The molecule has 3 N–H and O–H groups in total. The number of anilines is 1. The molecule has 118 valence electrons. The Labute approximate surface area is 131 Å². The molecule has 2 heterocycles. The summed E-state index contributed by atoms with van der Waals surface area (Å²) in [4.78, 5) is 15.6. The lowest BCUT2D eigenvalue weighted by atomic mass is 10.2. The number of phenols is 1. The molecule has 3 aromatic rings. The number of nitrogens with one attached hydrogen (secondary N) is 1. The van der Waals surface area contributed by atoms with E-state index in [1.165, 1.54) is 11.5 Å². The molecule has 7 heteroatoms. The summed E-state index contributed by atoms with van der Waals surface area (Å²) in [7, 11) is 1.48. The smallest absolute Gasteiger partial charge is 0.355 e. The molecule has 7 nitrogen and oxygen atoms in total. The first-order valence-electron chi connectivity index (χ1n) is 6.89. The fourth-order valence-electron chi connectivity index (χ4n) is 2.40. The first kappa shape index (κ1) is 14.7. The Morgan fingerprint density at radius 3 is 2.87 bits per heavy atom. The van der Waals surface area contributed by atoms with Crippen LogP contribution in [0.25, 0.3) is 5.65 Å². The number of benzene rings is 1. The summed E-state index contributed by atoms with van der Waals surface area (Å²) in [5.41, 5.74) is 1.94. The van der Waals surface area contributed by atoms with Gasteiger partial charge in [0.15, 0.2) is 17.2 Å². The molecule has 0 amide bonds. The maximum atomic E-state index is 11.5. The van der Waals surface area contributed by atoms with Crippen LogP contribution in [0.5, 0.6) is 11.5 Å². The molecule has 0 saturated carbocycles. The topological polar surface area (TPSA) is 96.1 Å². The normalized spacial score (nSPS) is 10.7. The molecule has 3 rings (SSSR count). The highest BCUT2D eigenvalue weighted by Crippen LogP contribution is 2.27. The Morgan fingerprint density at radius 2 is 2.17 bits per heavy atom. The molecular weight excluding hydrogens is 298 g/mol. The number of aromatic carboxylic acids is 1. The second-order valence-electron chi connectivity index (χ2n) is 4.92. The van der Waals surface area contributed by atoms with E-state index in [2.05, 4.69) is 10.3 Å². The average molecular weight is 313 g/mol. The molecular formula is C16H15N3O4. The number of phenolic OH excluding ortho intramolecular Hbond substituents is 1. The van der Waals surface area contributed by atoms with Gasteiger partial charge >= 0.3 is 5.97 Å². The number of rotatable bonds is 5. The van der Waals surface area contributed by atoms with E-state index in [4.69, 9.17) is 4.74 Å². The maximum absolute atomic E-state index is 11.5. The highest BCUT2D eigenvalue weighted by Gasteiger charge is 2.15. The lowest BCUT2D eigenvalue weighted by molar-refractivity contribution is 0.0690. The van der Waals surface area contributed by atoms with Gasteiger partial charge in [-0.2, -0.15) is 0 Å². The van der Waals surface area contributed by atoms with Gasteiger partial charge < -0.3 is 20.3 Å². The number of imidazole rings is 1. The van der Waals surface area contributed by atoms with Gasteiger partial charge in [0, 0.05) is 18.9 Å². The molecule has 0 bridgehead atoms. The summed E-state index contributed by atoms with van der Waals surface area (Å²) >= 11 is 0. The molecule has 0 aliphatic heterocycles. The maximum Gasteiger partial charge on any atom is 0.355 e. The molecule has 23 heavy (non-hydrogen) atoms. The predicted molar refractivity (Wildman–Crippen MR) is 84.1 cm³/mol. The molecule has 0 aliphatic rings. The zero-order valence-corrected chi connectivity index (χ0v) is 12.4. The Balaban J connectivity index is 1.88. The van der Waals surface area contributed by atoms with Gasteiger partial charge in [-0.3, -0.25) is 4.40 Å². The van der Waals surface area contributed by atoms with Crippen molar-refractivity contribution < 1.29 is 19.7 Å². The van der Waals surface area contributed by atoms with Crippen LogP contribution in [0.3, 0.4) is 0 Å². The summed E-state index contributed by atoms with van der Waals surface area (Å²) in [6.07, 6.45) is 3.15. The number of methoxy groups -OCH3 is 1. The summed E-state index contributed by atoms with van der Waals surface area (Å²) in [6, 6.07) is 8.43. The third-order valence-corrected chi connectivity index (χ3v) is 3.49. The van der Waals surface area contributed by atoms with E-state index in [1.807, 2.05) is 0 Å². The number of carboxylic acid groups (broad SMARTS) is 1. The number of carboxylic acids is 1. The van der Waals surface area contributed by atoms with Crippen LogP contribution in [0.15, 0.2) is 42.7 Å². The lowest BCUT2D eigenvalue weighted by Gasteiger charge is -2.12. The standard InChI is InChI=1S/C16H15N3O4/c1-23-13-4-2-10(8-12(13)20)9-18-11-3-5-14-17-6-7-19(14)15(11)16(21)22/h2-8,18,20H,9H2,1H3,(H,21,22). The van der Waals surface area contributed by atoms with E-state index in [0.29, 0.717) is 23.6 Å². The quantitative estimate of drug-likeness (QED) is 0.669. The van der Waals surface area contributed by atoms with Crippen LogP contribution in [0.2, 0.25) is 0 Å². The van der Waals surface area contributed by atoms with Gasteiger partial charge in [-0.1, -0.05) is 6.07 Å². The SMILES string of the molecule is COc1ccc(CNc2ccc3nccn3c2C(=O)O)cc1O. The van der Waals surface area contributed by atoms with Crippen LogP contribution >= 0.6 is 0 Å². The van der Waals surface area contributed by atoms with Gasteiger partial charge in [-0.05, 0) is 29.8 Å². The number of hydrogen-bond acceptors (Lipinski definition) is 5. The average Bonchev–Trinajstić information content (AvgIpc) is 3.00. The minimum absolute atomic E-state index is 0.0373. The number of aromatic hydroxyl groups is 1. The minimum Gasteiger partial charge on any atom is -0.504 e. The van der Waals surface area contributed by atoms with Crippen molar-refractivity contribution in [3.8, 4) is 11.5 Å². The van der Waals surface area contributed by atoms with Crippen molar-refractivity contribution in [1.29, 1.82) is 0 Å². The second-order valence-corrected chi connectivity index (χ2v) is 4.92. The molecule has 0 unspecified atom stereocenters. The molecule has 0 fully saturated rings. The van der Waals surface area contributed by atoms with Crippen LogP contribution < -0.4 is 10.1 Å². The molecule has 0 atom stereocenters. The van der Waals surface area contributed by atoms with Crippen molar-refractivity contribution >= 4 is 17.3 Å². The van der Waals surface area contributed by atoms with Gasteiger partial charge in [0.05, 0.1) is 12.8 Å². The van der Waals surface area contributed by atoms with Gasteiger partial charge in [-0.25, -0.2) is 9.78 Å². The van der Waals surface area contributed by atoms with Gasteiger partial charge in [0.25, 0.3) is 0 Å². The summed E-state index contributed by atoms with van der Waals surface area (Å²) in [5.74, 6) is -0.621. The van der Waals surface area contributed by atoms with E-state index in [9.17, 15) is 15.0 Å². The molecule has 0 aliphatic carbocycles. The van der Waals surface area contributed by atoms with Gasteiger partial charge in [0.1, 0.15) is 5.65 Å². The number of hydrogen-bond donors (Lipinski definition) is 3. The first-order chi connectivity index (χ1) is 11.1. The van der Waals surface area contributed by atoms with Gasteiger partial charge in [0.2, 0.25) is 0 Å². The Morgan fingerprint density at radius 1 is 1.35 bits per heavy atom. The number of fused-ring (bicyclic) bond motifs is 1. The second kappa shape index (κ2) is 5.88. The molecule has 2 aromatic heterocycles. The van der Waals surface area contributed by atoms with E-state index < -0.39 is 5.97 Å². The summed E-state index contributed by atoms with van der Waals surface area (Å²) in [5, 5.41) is 22.3. The minimum atomic E-state index is -1.05. The van der Waals surface area contributed by atoms with E-state index in [-0.39, 0.29) is 11.4 Å². The van der Waals surface area contributed by atoms with E-state index in [1.54, 1.807) is 42.7 Å². The first-order valence-corrected chi connectivity index (χ1v) is 6.89. The van der Waals surface area contributed by atoms with Crippen molar-refractivity contribution in [2.75, 3.05) is 12.4 Å². The third-order valence-electron chi connectivity index (χ3n) is 3.49. The number of aromatic nitrogens is 2. The third kappa shape index (κ3) is 2.76. The van der Waals surface area contributed by atoms with Gasteiger partial charge in [-0.15, -0.1) is 0 Å². The molecule has 0 spiro atoms. The van der Waals surface area contributed by atoms with Crippen LogP contribution in [0.4, 0.5) is 5.69 Å². The zero-order valence-electron chi connectivity index (χ0n) is 12.4. The number of pyridine rings is 1. The monoisotopic (exact) mass is 313 g/mol. The van der Waals surface area contributed by atoms with Crippen LogP contribution in [-0.4, -0.2) is 32.7 Å². The zero-order chi connectivity index (χ0) is 16.4. The largest absolute Gasteiger partial charge is 0.504 e. The number of nitrogens with zero attached hydrogens (tertiary/aromatic N) is 2. The van der Waals surface area contributed by atoms with Crippen LogP contribution in [-0.2, 0) is 6.54 Å². The number of carbonyl (C=O) groups is 1. The van der Waals surface area contributed by atoms with Crippen molar-refractivity contribution in [3.05, 3.63) is 54.0 Å². The summed E-state index contributed by atoms with van der Waals surface area (Å²) < 4.78 is 6.50. The predicted octanol–water partition coefficient (Wildman–Crippen LogP) is 2.36. The molecule has 0 radical (unpaired) electrons. The highest BCUT2D eigenvalue weighted by atomic mass is 16.5. The highest BCUT2D eigenvalue weighted by molar-refractivity contribution is 5.93. The molecule has 1 aromatic carbocycles. The Hall–Kier alpha value is -3.22. The lowest BCUT2D eigenvalue weighted by Crippen LogP contribution is -2.11. The van der Waals surface area contributed by atoms with Crippen LogP contribution in [0.1, 0.15) is 16.1 Å². The molecule has 0 saturated heterocycles. The van der Waals surface area contributed by atoms with Crippen molar-refractivity contribution in [2.45, 2.75) is 6.54 Å². The van der Waals surface area contributed by atoms with E-state index in [0.717, 1.165) is 5.56 Å². The van der Waals surface area contributed by atoms with Crippen LogP contribution in [0, 0.1) is 0 Å². The van der Waals surface area contributed by atoms with E-state index >= 15 is 0 Å². The summed E-state index contributed by atoms with van der Waals surface area (Å²) in [6.45, 7) is 0.359. The fourth-order valence-corrected chi connectivity index (χ4v) is 2.40. The fraction of sp³-hybridized carbons (Fsp3) is 0.125. The van der Waals surface area contributed by atoms with Crippen molar-refractivity contribution in [2.24, 2.45) is 0 Å². The van der Waals surface area contributed by atoms with Crippen molar-refractivity contribution in [3.63, 3.8) is 0 Å². The number of ether oxygens (including phenoxy) is 1.